The molecule has 0 atom stereocenters. The maximum atomic E-state index is 5.97. The van der Waals surface area contributed by atoms with Crippen LogP contribution in [0.1, 0.15) is 39.7 Å². The van der Waals surface area contributed by atoms with Gasteiger partial charge >= 0.3 is 0 Å². The van der Waals surface area contributed by atoms with Crippen molar-refractivity contribution in [2.45, 2.75) is 46.6 Å². The Morgan fingerprint density at radius 1 is 1.13 bits per heavy atom. The van der Waals surface area contributed by atoms with Crippen molar-refractivity contribution >= 4 is 0 Å². The van der Waals surface area contributed by atoms with Gasteiger partial charge < -0.3 is 4.74 Å². The maximum Gasteiger partial charge on any atom is 0.120 e. The van der Waals surface area contributed by atoms with Gasteiger partial charge in [0, 0.05) is 0 Å². The van der Waals surface area contributed by atoms with E-state index in [0.717, 1.165) is 12.2 Å². The second kappa shape index (κ2) is 4.69. The molecule has 0 unspecified atom stereocenters. The Labute approximate surface area is 93.5 Å². The molecule has 1 heteroatoms. The molecule has 0 aliphatic heterocycles. The number of hydrogen-bond donors (Lipinski definition) is 0. The third-order valence-corrected chi connectivity index (χ3v) is 2.31. The van der Waals surface area contributed by atoms with Gasteiger partial charge in [-0.05, 0) is 45.2 Å². The Balaban J connectivity index is 2.64. The van der Waals surface area contributed by atoms with Gasteiger partial charge in [-0.15, -0.1) is 0 Å². The van der Waals surface area contributed by atoms with Crippen LogP contribution >= 0.6 is 0 Å². The molecule has 1 rings (SSSR count). The molecule has 0 saturated heterocycles. The van der Waals surface area contributed by atoms with Crippen LogP contribution in [0.15, 0.2) is 24.3 Å². The van der Waals surface area contributed by atoms with Crippen LogP contribution in [0.25, 0.3) is 0 Å². The SMILES string of the molecule is Cc1ccc(OC(C)(C)CC(C)C)cc1. The molecule has 0 fully saturated rings. The molecule has 0 aliphatic carbocycles. The first kappa shape index (κ1) is 12.1. The first-order valence-electron chi connectivity index (χ1n) is 5.65. The van der Waals surface area contributed by atoms with Gasteiger partial charge in [-0.2, -0.15) is 0 Å². The first-order valence-corrected chi connectivity index (χ1v) is 5.65. The average molecular weight is 206 g/mol. The summed E-state index contributed by atoms with van der Waals surface area (Å²) in [6, 6.07) is 8.25. The molecule has 0 N–H and O–H groups in total. The number of rotatable bonds is 4. The van der Waals surface area contributed by atoms with E-state index >= 15 is 0 Å². The molecule has 1 aromatic rings. The van der Waals surface area contributed by atoms with Gasteiger partial charge in [0.25, 0.3) is 0 Å². The molecule has 0 aliphatic rings. The fourth-order valence-corrected chi connectivity index (χ4v) is 1.95. The fraction of sp³-hybridized carbons (Fsp3) is 0.571. The molecule has 0 aromatic heterocycles. The Hall–Kier alpha value is -0.980. The van der Waals surface area contributed by atoms with Crippen molar-refractivity contribution in [3.8, 4) is 5.75 Å². The number of aryl methyl sites for hydroxylation is 1. The van der Waals surface area contributed by atoms with E-state index in [2.05, 4.69) is 46.8 Å². The Morgan fingerprint density at radius 2 is 1.67 bits per heavy atom. The highest BCUT2D eigenvalue weighted by Gasteiger charge is 2.21. The van der Waals surface area contributed by atoms with E-state index in [1.807, 2.05) is 12.1 Å². The van der Waals surface area contributed by atoms with Crippen molar-refractivity contribution < 1.29 is 4.74 Å². The lowest BCUT2D eigenvalue weighted by Crippen LogP contribution is -2.29. The molecule has 0 heterocycles. The van der Waals surface area contributed by atoms with Crippen molar-refractivity contribution in [1.29, 1.82) is 0 Å². The van der Waals surface area contributed by atoms with Crippen molar-refractivity contribution in [2.75, 3.05) is 0 Å². The minimum Gasteiger partial charge on any atom is -0.488 e. The fourth-order valence-electron chi connectivity index (χ4n) is 1.95. The zero-order valence-electron chi connectivity index (χ0n) is 10.5. The molecular formula is C14H22O. The van der Waals surface area contributed by atoms with E-state index in [4.69, 9.17) is 4.74 Å². The van der Waals surface area contributed by atoms with Crippen LogP contribution in [-0.4, -0.2) is 5.60 Å². The topological polar surface area (TPSA) is 9.23 Å². The molecule has 15 heavy (non-hydrogen) atoms. The maximum absolute atomic E-state index is 5.97. The first-order chi connectivity index (χ1) is 6.89. The van der Waals surface area contributed by atoms with E-state index in [-0.39, 0.29) is 5.60 Å². The van der Waals surface area contributed by atoms with Crippen LogP contribution in [-0.2, 0) is 0 Å². The number of ether oxygens (including phenoxy) is 1. The lowest BCUT2D eigenvalue weighted by molar-refractivity contribution is 0.0852. The minimum atomic E-state index is -0.0799. The molecule has 1 nitrogen and oxygen atoms in total. The highest BCUT2D eigenvalue weighted by atomic mass is 16.5. The number of hydrogen-bond acceptors (Lipinski definition) is 1. The summed E-state index contributed by atoms with van der Waals surface area (Å²) >= 11 is 0. The van der Waals surface area contributed by atoms with Gasteiger partial charge in [-0.25, -0.2) is 0 Å². The van der Waals surface area contributed by atoms with Crippen LogP contribution in [0, 0.1) is 12.8 Å². The summed E-state index contributed by atoms with van der Waals surface area (Å²) in [7, 11) is 0. The zero-order valence-corrected chi connectivity index (χ0v) is 10.5. The van der Waals surface area contributed by atoms with Gasteiger partial charge in [-0.1, -0.05) is 31.5 Å². The Bertz CT molecular complexity index is 296. The predicted molar refractivity (Wildman–Crippen MR) is 65.3 cm³/mol. The molecule has 0 spiro atoms. The summed E-state index contributed by atoms with van der Waals surface area (Å²) < 4.78 is 5.97. The normalized spacial score (nSPS) is 11.9. The second-order valence-electron chi connectivity index (χ2n) is 5.27. The third-order valence-electron chi connectivity index (χ3n) is 2.31. The van der Waals surface area contributed by atoms with E-state index in [1.165, 1.54) is 5.56 Å². The molecular weight excluding hydrogens is 184 g/mol. The smallest absolute Gasteiger partial charge is 0.120 e. The largest absolute Gasteiger partial charge is 0.488 e. The summed E-state index contributed by atoms with van der Waals surface area (Å²) in [5.74, 6) is 1.62. The van der Waals surface area contributed by atoms with Crippen molar-refractivity contribution in [1.82, 2.24) is 0 Å². The van der Waals surface area contributed by atoms with Crippen LogP contribution in [0.3, 0.4) is 0 Å². The van der Waals surface area contributed by atoms with Crippen molar-refractivity contribution in [2.24, 2.45) is 5.92 Å². The zero-order chi connectivity index (χ0) is 11.5. The summed E-state index contributed by atoms with van der Waals surface area (Å²) in [4.78, 5) is 0. The summed E-state index contributed by atoms with van der Waals surface area (Å²) in [6.07, 6.45) is 1.07. The van der Waals surface area contributed by atoms with E-state index in [1.54, 1.807) is 0 Å². The summed E-state index contributed by atoms with van der Waals surface area (Å²) in [5.41, 5.74) is 1.19. The van der Waals surface area contributed by atoms with Crippen molar-refractivity contribution in [3.63, 3.8) is 0 Å². The van der Waals surface area contributed by atoms with E-state index in [0.29, 0.717) is 5.92 Å². The minimum absolute atomic E-state index is 0.0799. The standard InChI is InChI=1S/C14H22O/c1-11(2)10-14(4,5)15-13-8-6-12(3)7-9-13/h6-9,11H,10H2,1-5H3. The highest BCUT2D eigenvalue weighted by Crippen LogP contribution is 2.24. The van der Waals surface area contributed by atoms with Gasteiger partial charge in [0.1, 0.15) is 11.4 Å². The molecule has 0 bridgehead atoms. The monoisotopic (exact) mass is 206 g/mol. The van der Waals surface area contributed by atoms with E-state index in [9.17, 15) is 0 Å². The molecule has 0 saturated carbocycles. The molecule has 0 amide bonds. The lowest BCUT2D eigenvalue weighted by atomic mass is 9.96. The Kier molecular flexibility index (Phi) is 3.78. The molecule has 1 aromatic carbocycles. The lowest BCUT2D eigenvalue weighted by Gasteiger charge is -2.28. The van der Waals surface area contributed by atoms with Crippen LogP contribution in [0.2, 0.25) is 0 Å². The van der Waals surface area contributed by atoms with Gasteiger partial charge in [0.15, 0.2) is 0 Å². The quantitative estimate of drug-likeness (QED) is 0.717. The summed E-state index contributed by atoms with van der Waals surface area (Å²) in [5, 5.41) is 0. The van der Waals surface area contributed by atoms with Gasteiger partial charge in [0.2, 0.25) is 0 Å². The van der Waals surface area contributed by atoms with Crippen LogP contribution < -0.4 is 4.74 Å². The summed E-state index contributed by atoms with van der Waals surface area (Å²) in [6.45, 7) is 10.8. The second-order valence-corrected chi connectivity index (χ2v) is 5.27. The van der Waals surface area contributed by atoms with Crippen LogP contribution in [0.4, 0.5) is 0 Å². The van der Waals surface area contributed by atoms with Crippen LogP contribution in [0.5, 0.6) is 5.75 Å². The van der Waals surface area contributed by atoms with Crippen molar-refractivity contribution in [3.05, 3.63) is 29.8 Å². The predicted octanol–water partition coefficient (Wildman–Crippen LogP) is 4.20. The average Bonchev–Trinajstić information content (AvgIpc) is 2.06. The highest BCUT2D eigenvalue weighted by molar-refractivity contribution is 5.26. The molecule has 84 valence electrons. The Morgan fingerprint density at radius 3 is 2.13 bits per heavy atom. The third kappa shape index (κ3) is 4.37. The molecule has 0 radical (unpaired) electrons. The van der Waals surface area contributed by atoms with E-state index < -0.39 is 0 Å². The van der Waals surface area contributed by atoms with Gasteiger partial charge in [0.05, 0.1) is 0 Å². The number of benzene rings is 1. The van der Waals surface area contributed by atoms with Gasteiger partial charge in [-0.3, -0.25) is 0 Å².